The molecule has 94 valence electrons. The van der Waals surface area contributed by atoms with Crippen molar-refractivity contribution in [2.75, 3.05) is 18.4 Å². The van der Waals surface area contributed by atoms with Crippen molar-refractivity contribution in [1.82, 2.24) is 10.3 Å². The summed E-state index contributed by atoms with van der Waals surface area (Å²) in [5.41, 5.74) is 1.47. The summed E-state index contributed by atoms with van der Waals surface area (Å²) in [6.07, 6.45) is 4.36. The molecule has 3 heteroatoms. The van der Waals surface area contributed by atoms with Gasteiger partial charge in [-0.3, -0.25) is 0 Å². The first-order valence-electron chi connectivity index (χ1n) is 6.49. The maximum atomic E-state index is 4.51. The molecule has 0 bridgehead atoms. The number of pyridine rings is 1. The molecule has 1 saturated heterocycles. The molecule has 2 rings (SSSR count). The van der Waals surface area contributed by atoms with Crippen LogP contribution in [0, 0.1) is 0 Å². The molecule has 1 aromatic heterocycles. The van der Waals surface area contributed by atoms with Gasteiger partial charge in [0.1, 0.15) is 5.82 Å². The molecule has 0 saturated carbocycles. The Morgan fingerprint density at radius 3 is 2.47 bits per heavy atom. The van der Waals surface area contributed by atoms with Gasteiger partial charge >= 0.3 is 0 Å². The molecule has 0 spiro atoms. The molecular weight excluding hydrogens is 210 g/mol. The van der Waals surface area contributed by atoms with E-state index in [0.717, 1.165) is 18.9 Å². The molecule has 1 aliphatic heterocycles. The first-order chi connectivity index (χ1) is 8.05. The summed E-state index contributed by atoms with van der Waals surface area (Å²) in [5, 5.41) is 6.88. The minimum Gasteiger partial charge on any atom is -0.367 e. The minimum absolute atomic E-state index is 0.181. The lowest BCUT2D eigenvalue weighted by Gasteiger charge is -2.24. The van der Waals surface area contributed by atoms with E-state index in [2.05, 4.69) is 48.5 Å². The lowest BCUT2D eigenvalue weighted by molar-refractivity contribution is 0.478. The largest absolute Gasteiger partial charge is 0.367 e. The molecule has 0 radical (unpaired) electrons. The van der Waals surface area contributed by atoms with Crippen molar-refractivity contribution in [1.29, 1.82) is 0 Å². The first-order valence-corrected chi connectivity index (χ1v) is 6.49. The topological polar surface area (TPSA) is 37.0 Å². The average molecular weight is 233 g/mol. The normalized spacial score (nSPS) is 18.1. The maximum Gasteiger partial charge on any atom is 0.126 e. The van der Waals surface area contributed by atoms with Crippen LogP contribution in [-0.4, -0.2) is 24.1 Å². The monoisotopic (exact) mass is 233 g/mol. The Labute approximate surface area is 104 Å². The zero-order valence-corrected chi connectivity index (χ0v) is 11.1. The van der Waals surface area contributed by atoms with Crippen LogP contribution in [0.15, 0.2) is 18.3 Å². The molecule has 0 amide bonds. The van der Waals surface area contributed by atoms with Gasteiger partial charge in [-0.2, -0.15) is 0 Å². The van der Waals surface area contributed by atoms with Crippen LogP contribution in [0.2, 0.25) is 0 Å². The Morgan fingerprint density at radius 1 is 1.24 bits per heavy atom. The predicted molar refractivity (Wildman–Crippen MR) is 72.5 cm³/mol. The highest BCUT2D eigenvalue weighted by Gasteiger charge is 2.15. The zero-order chi connectivity index (χ0) is 12.3. The van der Waals surface area contributed by atoms with Crippen molar-refractivity contribution in [3.63, 3.8) is 0 Å². The summed E-state index contributed by atoms with van der Waals surface area (Å²) >= 11 is 0. The smallest absolute Gasteiger partial charge is 0.126 e. The van der Waals surface area contributed by atoms with E-state index in [4.69, 9.17) is 0 Å². The van der Waals surface area contributed by atoms with E-state index in [9.17, 15) is 0 Å². The van der Waals surface area contributed by atoms with E-state index in [0.29, 0.717) is 6.04 Å². The van der Waals surface area contributed by atoms with Crippen LogP contribution in [0.1, 0.15) is 39.2 Å². The SMILES string of the molecule is CC(C)(C)c1ccc(NC2CCNCC2)nc1. The number of rotatable bonds is 2. The van der Waals surface area contributed by atoms with Crippen LogP contribution in [0.4, 0.5) is 5.82 Å². The molecule has 0 unspecified atom stereocenters. The van der Waals surface area contributed by atoms with E-state index in [1.54, 1.807) is 0 Å². The molecule has 1 aromatic rings. The van der Waals surface area contributed by atoms with Crippen LogP contribution >= 0.6 is 0 Å². The highest BCUT2D eigenvalue weighted by molar-refractivity contribution is 5.38. The van der Waals surface area contributed by atoms with Crippen molar-refractivity contribution in [3.05, 3.63) is 23.9 Å². The summed E-state index contributed by atoms with van der Waals surface area (Å²) in [7, 11) is 0. The van der Waals surface area contributed by atoms with Crippen LogP contribution in [0.5, 0.6) is 0 Å². The minimum atomic E-state index is 0.181. The lowest BCUT2D eigenvalue weighted by atomic mass is 9.88. The van der Waals surface area contributed by atoms with Crippen LogP contribution in [0.25, 0.3) is 0 Å². The average Bonchev–Trinajstić information content (AvgIpc) is 2.30. The molecular formula is C14H23N3. The fourth-order valence-corrected chi connectivity index (χ4v) is 2.10. The van der Waals surface area contributed by atoms with Gasteiger partial charge in [-0.1, -0.05) is 26.8 Å². The second kappa shape index (κ2) is 5.05. The molecule has 17 heavy (non-hydrogen) atoms. The van der Waals surface area contributed by atoms with Crippen molar-refractivity contribution < 1.29 is 0 Å². The maximum absolute atomic E-state index is 4.51. The molecule has 0 aromatic carbocycles. The molecule has 0 atom stereocenters. The van der Waals surface area contributed by atoms with Crippen molar-refractivity contribution in [2.45, 2.75) is 45.1 Å². The van der Waals surface area contributed by atoms with Crippen molar-refractivity contribution >= 4 is 5.82 Å². The third kappa shape index (κ3) is 3.43. The van der Waals surface area contributed by atoms with Gasteiger partial charge < -0.3 is 10.6 Å². The summed E-state index contributed by atoms with van der Waals surface area (Å²) < 4.78 is 0. The summed E-state index contributed by atoms with van der Waals surface area (Å²) in [6.45, 7) is 8.85. The molecule has 3 nitrogen and oxygen atoms in total. The van der Waals surface area contributed by atoms with Gasteiger partial charge in [0.15, 0.2) is 0 Å². The van der Waals surface area contributed by atoms with E-state index < -0.39 is 0 Å². The number of aromatic nitrogens is 1. The van der Waals surface area contributed by atoms with E-state index in [-0.39, 0.29) is 5.41 Å². The highest BCUT2D eigenvalue weighted by Crippen LogP contribution is 2.22. The fraction of sp³-hybridized carbons (Fsp3) is 0.643. The fourth-order valence-electron chi connectivity index (χ4n) is 2.10. The second-order valence-electron chi connectivity index (χ2n) is 5.85. The van der Waals surface area contributed by atoms with Crippen LogP contribution < -0.4 is 10.6 Å². The molecule has 1 aliphatic rings. The summed E-state index contributed by atoms with van der Waals surface area (Å²) in [4.78, 5) is 4.51. The second-order valence-corrected chi connectivity index (χ2v) is 5.85. The standard InChI is InChI=1S/C14H23N3/c1-14(2,3)11-4-5-13(16-10-11)17-12-6-8-15-9-7-12/h4-5,10,12,15H,6-9H2,1-3H3,(H,16,17). The molecule has 0 aliphatic carbocycles. The van der Waals surface area contributed by atoms with Gasteiger partial charge in [0.05, 0.1) is 0 Å². The van der Waals surface area contributed by atoms with E-state index in [1.807, 2.05) is 6.20 Å². The van der Waals surface area contributed by atoms with Gasteiger partial charge in [-0.25, -0.2) is 4.98 Å². The Hall–Kier alpha value is -1.09. The van der Waals surface area contributed by atoms with Gasteiger partial charge in [0.2, 0.25) is 0 Å². The Bertz CT molecular complexity index is 345. The van der Waals surface area contributed by atoms with Gasteiger partial charge in [-0.05, 0) is 43.0 Å². The third-order valence-electron chi connectivity index (χ3n) is 3.32. The van der Waals surface area contributed by atoms with Crippen LogP contribution in [-0.2, 0) is 5.41 Å². The number of anilines is 1. The predicted octanol–water partition coefficient (Wildman–Crippen LogP) is 2.54. The van der Waals surface area contributed by atoms with Gasteiger partial charge in [-0.15, -0.1) is 0 Å². The van der Waals surface area contributed by atoms with Crippen molar-refractivity contribution in [3.8, 4) is 0 Å². The Morgan fingerprint density at radius 2 is 1.94 bits per heavy atom. The number of hydrogen-bond acceptors (Lipinski definition) is 3. The van der Waals surface area contributed by atoms with Gasteiger partial charge in [0, 0.05) is 12.2 Å². The number of piperidine rings is 1. The zero-order valence-electron chi connectivity index (χ0n) is 11.1. The first kappa shape index (κ1) is 12.4. The summed E-state index contributed by atoms with van der Waals surface area (Å²) in [6, 6.07) is 4.85. The number of nitrogens with zero attached hydrogens (tertiary/aromatic N) is 1. The van der Waals surface area contributed by atoms with E-state index in [1.165, 1.54) is 18.4 Å². The van der Waals surface area contributed by atoms with Crippen molar-refractivity contribution in [2.24, 2.45) is 0 Å². The summed E-state index contributed by atoms with van der Waals surface area (Å²) in [5.74, 6) is 1.00. The molecule has 2 heterocycles. The highest BCUT2D eigenvalue weighted by atomic mass is 15.0. The molecule has 2 N–H and O–H groups in total. The third-order valence-corrected chi connectivity index (χ3v) is 3.32. The van der Waals surface area contributed by atoms with Gasteiger partial charge in [0.25, 0.3) is 0 Å². The Balaban J connectivity index is 1.98. The Kier molecular flexibility index (Phi) is 3.67. The quantitative estimate of drug-likeness (QED) is 0.824. The number of hydrogen-bond donors (Lipinski definition) is 2. The molecule has 1 fully saturated rings. The van der Waals surface area contributed by atoms with E-state index >= 15 is 0 Å². The lowest BCUT2D eigenvalue weighted by Crippen LogP contribution is -2.35. The number of nitrogens with one attached hydrogen (secondary N) is 2. The van der Waals surface area contributed by atoms with Crippen LogP contribution in [0.3, 0.4) is 0 Å².